The van der Waals surface area contributed by atoms with Gasteiger partial charge in [-0.05, 0) is 86.5 Å². The first-order chi connectivity index (χ1) is 24.1. The van der Waals surface area contributed by atoms with E-state index in [4.69, 9.17) is 28.4 Å². The molecule has 3 fully saturated rings. The molecule has 3 aliphatic carbocycles. The Bertz CT molecular complexity index is 1520. The maximum atomic E-state index is 14.2. The molecule has 10 heteroatoms. The predicted molar refractivity (Wildman–Crippen MR) is 184 cm³/mol. The number of hydrogen-bond acceptors (Lipinski definition) is 10. The lowest BCUT2D eigenvalue weighted by Crippen LogP contribution is -2.51. The molecule has 0 spiro atoms. The highest BCUT2D eigenvalue weighted by Gasteiger charge is 2.61. The van der Waals surface area contributed by atoms with Crippen molar-refractivity contribution in [1.29, 1.82) is 0 Å². The van der Waals surface area contributed by atoms with E-state index in [1.165, 1.54) is 14.2 Å². The normalized spacial score (nSPS) is 35.2. The van der Waals surface area contributed by atoms with E-state index in [0.29, 0.717) is 35.5 Å². The lowest BCUT2D eigenvalue weighted by molar-refractivity contribution is -0.161. The zero-order valence-electron chi connectivity index (χ0n) is 30.1. The van der Waals surface area contributed by atoms with Crippen LogP contribution in [0, 0.1) is 41.4 Å². The average Bonchev–Trinajstić information content (AvgIpc) is 3.70. The summed E-state index contributed by atoms with van der Waals surface area (Å²) >= 11 is 0. The van der Waals surface area contributed by atoms with Gasteiger partial charge in [-0.1, -0.05) is 44.6 Å². The summed E-state index contributed by atoms with van der Waals surface area (Å²) in [4.78, 5) is 41.6. The van der Waals surface area contributed by atoms with Gasteiger partial charge in [0.1, 0.15) is 23.7 Å². The number of rotatable bonds is 8. The van der Waals surface area contributed by atoms with Crippen molar-refractivity contribution in [2.75, 3.05) is 21.3 Å². The molecule has 2 saturated carbocycles. The summed E-state index contributed by atoms with van der Waals surface area (Å²) in [6.07, 6.45) is 7.16. The third-order valence-electron chi connectivity index (χ3n) is 12.0. The van der Waals surface area contributed by atoms with Gasteiger partial charge in [-0.15, -0.1) is 0 Å². The van der Waals surface area contributed by atoms with Crippen molar-refractivity contribution in [3.05, 3.63) is 59.1 Å². The number of Topliss-reactive ketones (excluding diaryl/α,β-unsaturated/α-hetero) is 1. The van der Waals surface area contributed by atoms with Gasteiger partial charge in [0, 0.05) is 23.7 Å². The van der Waals surface area contributed by atoms with Crippen LogP contribution in [0.5, 0.6) is 5.75 Å². The molecule has 272 valence electrons. The van der Waals surface area contributed by atoms with Gasteiger partial charge in [-0.2, -0.15) is 0 Å². The van der Waals surface area contributed by atoms with E-state index in [-0.39, 0.29) is 71.6 Å². The number of hydrogen-bond donors (Lipinski definition) is 1. The number of allylic oxidation sites excluding steroid dienone is 3. The summed E-state index contributed by atoms with van der Waals surface area (Å²) in [6, 6.07) is 7.34. The summed E-state index contributed by atoms with van der Waals surface area (Å²) in [5.74, 6) is -0.488. The molecule has 2 aliphatic heterocycles. The fourth-order valence-corrected chi connectivity index (χ4v) is 9.40. The van der Waals surface area contributed by atoms with Crippen LogP contribution in [0.4, 0.5) is 0 Å². The van der Waals surface area contributed by atoms with E-state index in [9.17, 15) is 19.5 Å². The van der Waals surface area contributed by atoms with Crippen molar-refractivity contribution in [2.24, 2.45) is 41.4 Å². The number of ketones is 1. The molecule has 50 heavy (non-hydrogen) atoms. The fourth-order valence-electron chi connectivity index (χ4n) is 9.40. The topological polar surface area (TPSA) is 127 Å². The van der Waals surface area contributed by atoms with Gasteiger partial charge in [-0.25, -0.2) is 4.79 Å². The molecule has 2 heterocycles. The van der Waals surface area contributed by atoms with Crippen molar-refractivity contribution in [2.45, 2.75) is 96.7 Å². The quantitative estimate of drug-likeness (QED) is 0.192. The van der Waals surface area contributed by atoms with Crippen LogP contribution in [0.1, 0.15) is 77.7 Å². The minimum atomic E-state index is -1.33. The number of benzene rings is 1. The third-order valence-corrected chi connectivity index (χ3v) is 12.0. The number of esters is 2. The van der Waals surface area contributed by atoms with E-state index in [1.54, 1.807) is 14.0 Å². The molecular weight excluding hydrogens is 640 g/mol. The SMILES string of the molecule is CC[C@H]1CCCC[C@@H](C)C(=O)C2=C[C@@H]3[C@@H](C4OC(=O)C(c5ccc(OC)cc5)=CC4C4C[C@@H](O[C@H](O)/C(OC)=C(/C)OC)C[C@H]43)[C@@H]2CC(=O)O1. The highest BCUT2D eigenvalue weighted by Crippen LogP contribution is 2.61. The largest absolute Gasteiger partial charge is 0.498 e. The second-order valence-electron chi connectivity index (χ2n) is 14.7. The smallest absolute Gasteiger partial charge is 0.338 e. The average molecular weight is 693 g/mol. The van der Waals surface area contributed by atoms with E-state index in [1.807, 2.05) is 44.2 Å². The number of carbonyl (C=O) groups is 3. The molecule has 1 N–H and O–H groups in total. The van der Waals surface area contributed by atoms with E-state index in [0.717, 1.165) is 37.7 Å². The first-order valence-corrected chi connectivity index (χ1v) is 18.2. The standard InChI is InChI=1S/C40H52O10/c1-7-24-11-9-8-10-21(2)36(42)32-19-30-28-16-26(49-40(44)37(47-6)22(3)45-4)17-29(28)33-18-27(23-12-14-25(46-5)15-13-23)39(43)50-38(33)35(30)31(32)20-34(41)48-24/h12-15,18-19,21,24,26,28-31,33,35,38,40,44H,7-11,16-17,20H2,1-6H3/b37-22+/t21-,24+,26+,28-,29?,30+,31-,33?,35-,38?,40+/m1/s1. The Kier molecular flexibility index (Phi) is 11.1. The zero-order chi connectivity index (χ0) is 35.7. The molecule has 1 aromatic rings. The highest BCUT2D eigenvalue weighted by atomic mass is 16.6. The molecule has 10 nitrogen and oxygen atoms in total. The molecular formula is C40H52O10. The number of methoxy groups -OCH3 is 3. The maximum Gasteiger partial charge on any atom is 0.338 e. The van der Waals surface area contributed by atoms with E-state index in [2.05, 4.69) is 6.08 Å². The first-order valence-electron chi connectivity index (χ1n) is 18.2. The van der Waals surface area contributed by atoms with Crippen LogP contribution >= 0.6 is 0 Å². The van der Waals surface area contributed by atoms with Crippen LogP contribution in [-0.4, -0.2) is 68.8 Å². The van der Waals surface area contributed by atoms with E-state index >= 15 is 0 Å². The Morgan fingerprint density at radius 2 is 1.64 bits per heavy atom. The van der Waals surface area contributed by atoms with Crippen LogP contribution in [-0.2, 0) is 38.1 Å². The monoisotopic (exact) mass is 692 g/mol. The first kappa shape index (κ1) is 36.2. The van der Waals surface area contributed by atoms with Gasteiger partial charge < -0.3 is 33.5 Å². The van der Waals surface area contributed by atoms with Crippen LogP contribution in [0.3, 0.4) is 0 Å². The van der Waals surface area contributed by atoms with E-state index < -0.39 is 24.3 Å². The van der Waals surface area contributed by atoms with Crippen LogP contribution < -0.4 is 4.74 Å². The molecule has 1 saturated heterocycles. The summed E-state index contributed by atoms with van der Waals surface area (Å²) in [5.41, 5.74) is 1.88. The number of carbonyl (C=O) groups excluding carboxylic acids is 3. The maximum absolute atomic E-state index is 14.2. The number of aliphatic hydroxyl groups excluding tert-OH is 1. The van der Waals surface area contributed by atoms with Crippen molar-refractivity contribution in [3.63, 3.8) is 0 Å². The minimum absolute atomic E-state index is 0.0283. The molecule has 0 radical (unpaired) electrons. The Morgan fingerprint density at radius 3 is 2.30 bits per heavy atom. The molecule has 0 bridgehead atoms. The van der Waals surface area contributed by atoms with Crippen molar-refractivity contribution in [1.82, 2.24) is 0 Å². The van der Waals surface area contributed by atoms with Crippen LogP contribution in [0.25, 0.3) is 5.57 Å². The Morgan fingerprint density at radius 1 is 0.940 bits per heavy atom. The lowest BCUT2D eigenvalue weighted by Gasteiger charge is -2.49. The highest BCUT2D eigenvalue weighted by molar-refractivity contribution is 6.17. The Balaban J connectivity index is 1.40. The lowest BCUT2D eigenvalue weighted by atomic mass is 9.59. The van der Waals surface area contributed by atoms with Gasteiger partial charge in [-0.3, -0.25) is 9.59 Å². The molecule has 0 amide bonds. The molecule has 0 aromatic heterocycles. The third kappa shape index (κ3) is 6.98. The Labute approximate surface area is 295 Å². The number of ether oxygens (including phenoxy) is 6. The van der Waals surface area contributed by atoms with Gasteiger partial charge in [0.15, 0.2) is 11.5 Å². The van der Waals surface area contributed by atoms with Gasteiger partial charge in [0.25, 0.3) is 0 Å². The number of cyclic esters (lactones) is 1. The fraction of sp³-hybridized carbons (Fsp3) is 0.625. The predicted octanol–water partition coefficient (Wildman–Crippen LogP) is 6.17. The van der Waals surface area contributed by atoms with Crippen molar-refractivity contribution in [3.8, 4) is 5.75 Å². The molecule has 5 aliphatic rings. The summed E-state index contributed by atoms with van der Waals surface area (Å²) in [7, 11) is 4.57. The summed E-state index contributed by atoms with van der Waals surface area (Å²) < 4.78 is 34.8. The number of fused-ring (bicyclic) bond motifs is 8. The van der Waals surface area contributed by atoms with Gasteiger partial charge >= 0.3 is 11.9 Å². The summed E-state index contributed by atoms with van der Waals surface area (Å²) in [5, 5.41) is 11.1. The summed E-state index contributed by atoms with van der Waals surface area (Å²) in [6.45, 7) is 5.72. The molecule has 11 atom stereocenters. The Hall–Kier alpha value is -3.63. The molecule has 3 unspecified atom stereocenters. The van der Waals surface area contributed by atoms with Crippen molar-refractivity contribution < 1.29 is 47.9 Å². The number of aliphatic hydroxyl groups is 1. The molecule has 1 aromatic carbocycles. The second kappa shape index (κ2) is 15.3. The van der Waals surface area contributed by atoms with Crippen LogP contribution in [0.15, 0.2) is 53.5 Å². The second-order valence-corrected chi connectivity index (χ2v) is 14.7. The zero-order valence-corrected chi connectivity index (χ0v) is 30.1. The minimum Gasteiger partial charge on any atom is -0.498 e. The van der Waals surface area contributed by atoms with Crippen LogP contribution in [0.2, 0.25) is 0 Å². The molecule has 6 rings (SSSR count). The van der Waals surface area contributed by atoms with Crippen molar-refractivity contribution >= 4 is 23.3 Å². The van der Waals surface area contributed by atoms with Gasteiger partial charge in [0.05, 0.1) is 39.4 Å². The van der Waals surface area contributed by atoms with Gasteiger partial charge in [0.2, 0.25) is 6.29 Å².